The highest BCUT2D eigenvalue weighted by molar-refractivity contribution is 6.36. The van der Waals surface area contributed by atoms with Crippen LogP contribution in [0.1, 0.15) is 10.4 Å². The predicted molar refractivity (Wildman–Crippen MR) is 102 cm³/mol. The van der Waals surface area contributed by atoms with Crippen LogP contribution in [0.5, 0.6) is 5.75 Å². The van der Waals surface area contributed by atoms with Crippen molar-refractivity contribution in [2.24, 2.45) is 0 Å². The summed E-state index contributed by atoms with van der Waals surface area (Å²) in [6.45, 7) is 0. The Morgan fingerprint density at radius 1 is 1.00 bits per heavy atom. The fourth-order valence-electron chi connectivity index (χ4n) is 2.94. The van der Waals surface area contributed by atoms with Crippen molar-refractivity contribution >= 4 is 44.9 Å². The second-order valence-electron chi connectivity index (χ2n) is 5.78. The molecule has 4 aromatic rings. The number of benzene rings is 3. The molecule has 0 fully saturated rings. The van der Waals surface area contributed by atoms with Gasteiger partial charge < -0.3 is 4.74 Å². The van der Waals surface area contributed by atoms with Crippen LogP contribution < -0.4 is 4.74 Å². The molecule has 132 valence electrons. The van der Waals surface area contributed by atoms with Gasteiger partial charge in [-0.15, -0.1) is 0 Å². The standard InChI is InChI=1S/C20H11ClN2O4/c21-16-9-8-15(13-5-1-2-6-14(13)16)20(24)27-19-17(23(25)26)10-7-12-4-3-11-22-18(12)19/h1-11H. The molecule has 4 rings (SSSR count). The Hall–Kier alpha value is -3.51. The normalized spacial score (nSPS) is 10.9. The van der Waals surface area contributed by atoms with Crippen LogP contribution in [0, 0.1) is 10.1 Å². The summed E-state index contributed by atoms with van der Waals surface area (Å²) in [5, 5.41) is 13.8. The van der Waals surface area contributed by atoms with Gasteiger partial charge in [-0.2, -0.15) is 0 Å². The van der Waals surface area contributed by atoms with E-state index in [0.717, 1.165) is 0 Å². The molecule has 1 heterocycles. The van der Waals surface area contributed by atoms with E-state index in [1.165, 1.54) is 18.3 Å². The Kier molecular flexibility index (Phi) is 4.18. The van der Waals surface area contributed by atoms with E-state index in [1.807, 2.05) is 6.07 Å². The quantitative estimate of drug-likeness (QED) is 0.212. The van der Waals surface area contributed by atoms with E-state index in [-0.39, 0.29) is 22.5 Å². The van der Waals surface area contributed by atoms with Gasteiger partial charge in [0.15, 0.2) is 0 Å². The molecule has 0 aliphatic rings. The highest BCUT2D eigenvalue weighted by atomic mass is 35.5. The lowest BCUT2D eigenvalue weighted by Gasteiger charge is -2.10. The van der Waals surface area contributed by atoms with Gasteiger partial charge in [0, 0.05) is 28.1 Å². The van der Waals surface area contributed by atoms with E-state index in [0.29, 0.717) is 21.2 Å². The first-order valence-corrected chi connectivity index (χ1v) is 8.35. The summed E-state index contributed by atoms with van der Waals surface area (Å²) in [7, 11) is 0. The fraction of sp³-hybridized carbons (Fsp3) is 0. The maximum absolute atomic E-state index is 12.8. The maximum atomic E-state index is 12.8. The molecule has 0 unspecified atom stereocenters. The fourth-order valence-corrected chi connectivity index (χ4v) is 3.17. The summed E-state index contributed by atoms with van der Waals surface area (Å²) in [6, 6.07) is 16.5. The van der Waals surface area contributed by atoms with Crippen molar-refractivity contribution in [3.8, 4) is 5.75 Å². The molecule has 0 spiro atoms. The van der Waals surface area contributed by atoms with Gasteiger partial charge in [0.2, 0.25) is 5.75 Å². The average Bonchev–Trinajstić information content (AvgIpc) is 2.68. The maximum Gasteiger partial charge on any atom is 0.344 e. The highest BCUT2D eigenvalue weighted by Crippen LogP contribution is 2.35. The van der Waals surface area contributed by atoms with Crippen LogP contribution in [0.15, 0.2) is 66.9 Å². The number of carbonyl (C=O) groups excluding carboxylic acids is 1. The number of nitrogens with zero attached hydrogens (tertiary/aromatic N) is 2. The number of rotatable bonds is 3. The van der Waals surface area contributed by atoms with Crippen molar-refractivity contribution in [3.05, 3.63) is 87.6 Å². The molecule has 7 heteroatoms. The number of carbonyl (C=O) groups is 1. The molecule has 0 aliphatic carbocycles. The van der Waals surface area contributed by atoms with Gasteiger partial charge in [0.1, 0.15) is 5.52 Å². The van der Waals surface area contributed by atoms with Crippen molar-refractivity contribution in [2.75, 3.05) is 0 Å². The second-order valence-corrected chi connectivity index (χ2v) is 6.18. The summed E-state index contributed by atoms with van der Waals surface area (Å²) in [6.07, 6.45) is 1.49. The van der Waals surface area contributed by atoms with Gasteiger partial charge in [0.25, 0.3) is 0 Å². The van der Waals surface area contributed by atoms with Crippen LogP contribution >= 0.6 is 11.6 Å². The van der Waals surface area contributed by atoms with E-state index in [1.54, 1.807) is 42.5 Å². The molecule has 3 aromatic carbocycles. The van der Waals surface area contributed by atoms with Crippen LogP contribution in [0.3, 0.4) is 0 Å². The number of aromatic nitrogens is 1. The first-order chi connectivity index (χ1) is 13.1. The lowest BCUT2D eigenvalue weighted by Crippen LogP contribution is -2.11. The molecule has 0 saturated carbocycles. The monoisotopic (exact) mass is 378 g/mol. The molecular formula is C20H11ClN2O4. The van der Waals surface area contributed by atoms with Crippen LogP contribution in [0.25, 0.3) is 21.7 Å². The Labute approximate surface area is 158 Å². The number of nitro benzene ring substituents is 1. The van der Waals surface area contributed by atoms with Crippen molar-refractivity contribution in [3.63, 3.8) is 0 Å². The van der Waals surface area contributed by atoms with E-state index in [4.69, 9.17) is 16.3 Å². The number of nitro groups is 1. The molecule has 0 atom stereocenters. The van der Waals surface area contributed by atoms with Gasteiger partial charge in [-0.1, -0.05) is 41.9 Å². The van der Waals surface area contributed by atoms with Crippen LogP contribution in [0.2, 0.25) is 5.02 Å². The minimum absolute atomic E-state index is 0.179. The third kappa shape index (κ3) is 2.96. The number of fused-ring (bicyclic) bond motifs is 2. The van der Waals surface area contributed by atoms with Crippen LogP contribution in [0.4, 0.5) is 5.69 Å². The molecule has 0 radical (unpaired) electrons. The van der Waals surface area contributed by atoms with Gasteiger partial charge in [-0.25, -0.2) is 4.79 Å². The first kappa shape index (κ1) is 16.9. The van der Waals surface area contributed by atoms with Crippen LogP contribution in [-0.2, 0) is 0 Å². The van der Waals surface area contributed by atoms with E-state index in [9.17, 15) is 14.9 Å². The molecule has 0 bridgehead atoms. The lowest BCUT2D eigenvalue weighted by molar-refractivity contribution is -0.385. The Morgan fingerprint density at radius 3 is 2.56 bits per heavy atom. The Morgan fingerprint density at radius 2 is 1.78 bits per heavy atom. The zero-order valence-corrected chi connectivity index (χ0v) is 14.5. The molecule has 27 heavy (non-hydrogen) atoms. The summed E-state index contributed by atoms with van der Waals surface area (Å²) < 4.78 is 5.47. The largest absolute Gasteiger partial charge is 0.413 e. The number of halogens is 1. The number of hydrogen-bond donors (Lipinski definition) is 0. The topological polar surface area (TPSA) is 82.3 Å². The first-order valence-electron chi connectivity index (χ1n) is 7.98. The summed E-state index contributed by atoms with van der Waals surface area (Å²) in [5.41, 5.74) is 0.184. The smallest absolute Gasteiger partial charge is 0.344 e. The SMILES string of the molecule is O=C(Oc1c([N+](=O)[O-])ccc2cccnc12)c1ccc(Cl)c2ccccc12. The van der Waals surface area contributed by atoms with Crippen molar-refractivity contribution in [2.45, 2.75) is 0 Å². The second kappa shape index (κ2) is 6.66. The van der Waals surface area contributed by atoms with Gasteiger partial charge in [0.05, 0.1) is 10.5 Å². The number of esters is 1. The van der Waals surface area contributed by atoms with Crippen molar-refractivity contribution < 1.29 is 14.5 Å². The zero-order valence-electron chi connectivity index (χ0n) is 13.8. The minimum atomic E-state index is -0.718. The third-order valence-electron chi connectivity index (χ3n) is 4.19. The zero-order chi connectivity index (χ0) is 19.0. The molecule has 0 N–H and O–H groups in total. The predicted octanol–water partition coefficient (Wildman–Crippen LogP) is 5.17. The molecular weight excluding hydrogens is 368 g/mol. The van der Waals surface area contributed by atoms with Crippen molar-refractivity contribution in [1.82, 2.24) is 4.98 Å². The summed E-state index contributed by atoms with van der Waals surface area (Å²) in [5.74, 6) is -0.897. The van der Waals surface area contributed by atoms with Crippen molar-refractivity contribution in [1.29, 1.82) is 0 Å². The molecule has 0 saturated heterocycles. The summed E-state index contributed by atoms with van der Waals surface area (Å²) >= 11 is 6.19. The summed E-state index contributed by atoms with van der Waals surface area (Å²) in [4.78, 5) is 27.8. The molecule has 0 aliphatic heterocycles. The molecule has 1 aromatic heterocycles. The van der Waals surface area contributed by atoms with E-state index in [2.05, 4.69) is 4.98 Å². The van der Waals surface area contributed by atoms with E-state index >= 15 is 0 Å². The Bertz CT molecular complexity index is 1220. The van der Waals surface area contributed by atoms with Crippen LogP contribution in [-0.4, -0.2) is 15.9 Å². The van der Waals surface area contributed by atoms with Gasteiger partial charge in [-0.3, -0.25) is 15.1 Å². The average molecular weight is 379 g/mol. The van der Waals surface area contributed by atoms with Gasteiger partial charge >= 0.3 is 11.7 Å². The Balaban J connectivity index is 1.86. The number of hydrogen-bond acceptors (Lipinski definition) is 5. The highest BCUT2D eigenvalue weighted by Gasteiger charge is 2.24. The lowest BCUT2D eigenvalue weighted by atomic mass is 10.0. The third-order valence-corrected chi connectivity index (χ3v) is 4.52. The number of ether oxygens (including phenoxy) is 1. The molecule has 0 amide bonds. The van der Waals surface area contributed by atoms with E-state index < -0.39 is 10.9 Å². The van der Waals surface area contributed by atoms with Gasteiger partial charge in [-0.05, 0) is 29.7 Å². The minimum Gasteiger partial charge on any atom is -0.413 e. The number of pyridine rings is 1. The molecule has 6 nitrogen and oxygen atoms in total.